The Bertz CT molecular complexity index is 424. The van der Waals surface area contributed by atoms with E-state index in [1.54, 1.807) is 0 Å². The van der Waals surface area contributed by atoms with Crippen molar-refractivity contribution in [1.82, 2.24) is 10.6 Å². The molecular formula is C16H27ClN2O3. The topological polar surface area (TPSA) is 70.6 Å². The van der Waals surface area contributed by atoms with Crippen LogP contribution < -0.4 is 15.4 Å². The Labute approximate surface area is 138 Å². The van der Waals surface area contributed by atoms with Gasteiger partial charge in [0.15, 0.2) is 0 Å². The van der Waals surface area contributed by atoms with Gasteiger partial charge in [0.1, 0.15) is 5.75 Å². The normalized spacial score (nSPS) is 11.7. The second-order valence-corrected chi connectivity index (χ2v) is 5.26. The zero-order valence-electron chi connectivity index (χ0n) is 13.5. The van der Waals surface area contributed by atoms with Crippen LogP contribution in [0.4, 0.5) is 0 Å². The summed E-state index contributed by atoms with van der Waals surface area (Å²) < 4.78 is 5.54. The van der Waals surface area contributed by atoms with Crippen molar-refractivity contribution in [1.29, 1.82) is 0 Å². The van der Waals surface area contributed by atoms with E-state index in [4.69, 9.17) is 4.74 Å². The third-order valence-electron chi connectivity index (χ3n) is 2.96. The number of carbonyl (C=O) groups excluding carboxylic acids is 1. The van der Waals surface area contributed by atoms with Gasteiger partial charge >= 0.3 is 0 Å². The Morgan fingerprint density at radius 1 is 1.27 bits per heavy atom. The van der Waals surface area contributed by atoms with Crippen LogP contribution in [0.15, 0.2) is 24.3 Å². The molecule has 0 heterocycles. The van der Waals surface area contributed by atoms with E-state index >= 15 is 0 Å². The van der Waals surface area contributed by atoms with Crippen LogP contribution in [-0.2, 0) is 4.79 Å². The summed E-state index contributed by atoms with van der Waals surface area (Å²) in [4.78, 5) is 11.6. The Morgan fingerprint density at radius 3 is 2.45 bits per heavy atom. The first-order valence-corrected chi connectivity index (χ1v) is 7.39. The summed E-state index contributed by atoms with van der Waals surface area (Å²) in [7, 11) is 1.86. The van der Waals surface area contributed by atoms with E-state index < -0.39 is 6.10 Å². The highest BCUT2D eigenvalue weighted by molar-refractivity contribution is 5.85. The van der Waals surface area contributed by atoms with Crippen molar-refractivity contribution in [2.24, 2.45) is 0 Å². The van der Waals surface area contributed by atoms with Crippen molar-refractivity contribution in [3.8, 4) is 5.75 Å². The van der Waals surface area contributed by atoms with Gasteiger partial charge in [-0.25, -0.2) is 0 Å². The molecule has 6 heteroatoms. The van der Waals surface area contributed by atoms with E-state index in [2.05, 4.69) is 10.6 Å². The number of aliphatic hydroxyl groups is 1. The summed E-state index contributed by atoms with van der Waals surface area (Å²) >= 11 is 0. The van der Waals surface area contributed by atoms with E-state index in [-0.39, 0.29) is 31.0 Å². The first-order chi connectivity index (χ1) is 10.0. The zero-order valence-corrected chi connectivity index (χ0v) is 14.3. The summed E-state index contributed by atoms with van der Waals surface area (Å²) in [5, 5.41) is 15.8. The molecule has 126 valence electrons. The minimum Gasteiger partial charge on any atom is -0.491 e. The van der Waals surface area contributed by atoms with Gasteiger partial charge in [-0.3, -0.25) is 4.79 Å². The molecule has 3 N–H and O–H groups in total. The monoisotopic (exact) mass is 330 g/mol. The first kappa shape index (κ1) is 20.7. The summed E-state index contributed by atoms with van der Waals surface area (Å²) in [5.74, 6) is 0.737. The predicted octanol–water partition coefficient (Wildman–Crippen LogP) is 2.04. The number of ether oxygens (including phenoxy) is 1. The van der Waals surface area contributed by atoms with E-state index in [9.17, 15) is 9.90 Å². The van der Waals surface area contributed by atoms with Crippen LogP contribution in [0.3, 0.4) is 0 Å². The molecule has 0 saturated carbocycles. The Morgan fingerprint density at radius 2 is 1.91 bits per heavy atom. The van der Waals surface area contributed by atoms with Gasteiger partial charge in [0.2, 0.25) is 5.91 Å². The van der Waals surface area contributed by atoms with Crippen molar-refractivity contribution in [3.05, 3.63) is 29.8 Å². The molecule has 0 saturated heterocycles. The van der Waals surface area contributed by atoms with Crippen molar-refractivity contribution < 1.29 is 14.6 Å². The molecular weight excluding hydrogens is 304 g/mol. The smallest absolute Gasteiger partial charge is 0.220 e. The van der Waals surface area contributed by atoms with Crippen LogP contribution in [0, 0.1) is 0 Å². The highest BCUT2D eigenvalue weighted by Crippen LogP contribution is 2.18. The van der Waals surface area contributed by atoms with Crippen LogP contribution in [-0.4, -0.2) is 37.3 Å². The summed E-state index contributed by atoms with van der Waals surface area (Å²) in [6.45, 7) is 4.97. The maximum absolute atomic E-state index is 11.6. The minimum absolute atomic E-state index is 0. The number of aliphatic hydroxyl groups excluding tert-OH is 1. The SMILES string of the molecule is CNCCCC(=O)NCC(O)c1ccc(OC(C)C)cc1.Cl. The van der Waals surface area contributed by atoms with Crippen molar-refractivity contribution in [2.45, 2.75) is 38.9 Å². The van der Waals surface area contributed by atoms with Gasteiger partial charge in [-0.15, -0.1) is 12.4 Å². The van der Waals surface area contributed by atoms with Crippen molar-refractivity contribution in [2.75, 3.05) is 20.1 Å². The number of amides is 1. The molecule has 0 fully saturated rings. The molecule has 1 aromatic carbocycles. The number of rotatable bonds is 9. The second kappa shape index (κ2) is 11.3. The molecule has 1 unspecified atom stereocenters. The van der Waals surface area contributed by atoms with Gasteiger partial charge in [0.25, 0.3) is 0 Å². The molecule has 0 bridgehead atoms. The van der Waals surface area contributed by atoms with Crippen LogP contribution in [0.1, 0.15) is 38.4 Å². The number of hydrogen-bond acceptors (Lipinski definition) is 4. The molecule has 1 rings (SSSR count). The van der Waals surface area contributed by atoms with E-state index in [0.717, 1.165) is 24.3 Å². The quantitative estimate of drug-likeness (QED) is 0.606. The third-order valence-corrected chi connectivity index (χ3v) is 2.96. The number of hydrogen-bond donors (Lipinski definition) is 3. The number of halogens is 1. The summed E-state index contributed by atoms with van der Waals surface area (Å²) in [5.41, 5.74) is 0.765. The molecule has 1 amide bonds. The third kappa shape index (κ3) is 8.22. The number of benzene rings is 1. The molecule has 0 aliphatic rings. The summed E-state index contributed by atoms with van der Waals surface area (Å²) in [6, 6.07) is 7.28. The fraction of sp³-hybridized carbons (Fsp3) is 0.562. The van der Waals surface area contributed by atoms with Gasteiger partial charge in [0.05, 0.1) is 12.2 Å². The lowest BCUT2D eigenvalue weighted by molar-refractivity contribution is -0.121. The predicted molar refractivity (Wildman–Crippen MR) is 90.6 cm³/mol. The van der Waals surface area contributed by atoms with Gasteiger partial charge in [0, 0.05) is 13.0 Å². The molecule has 1 atom stereocenters. The van der Waals surface area contributed by atoms with Crippen molar-refractivity contribution in [3.63, 3.8) is 0 Å². The number of nitrogens with one attached hydrogen (secondary N) is 2. The Balaban J connectivity index is 0.00000441. The van der Waals surface area contributed by atoms with Gasteiger partial charge < -0.3 is 20.5 Å². The summed E-state index contributed by atoms with van der Waals surface area (Å²) in [6.07, 6.45) is 0.679. The molecule has 1 aromatic rings. The lowest BCUT2D eigenvalue weighted by Gasteiger charge is -2.14. The molecule has 0 aliphatic carbocycles. The van der Waals surface area contributed by atoms with Gasteiger partial charge in [-0.05, 0) is 51.6 Å². The first-order valence-electron chi connectivity index (χ1n) is 7.39. The molecule has 5 nitrogen and oxygen atoms in total. The molecule has 22 heavy (non-hydrogen) atoms. The molecule has 0 aliphatic heterocycles. The van der Waals surface area contributed by atoms with Crippen LogP contribution in [0.2, 0.25) is 0 Å². The van der Waals surface area contributed by atoms with Crippen LogP contribution >= 0.6 is 12.4 Å². The maximum Gasteiger partial charge on any atom is 0.220 e. The van der Waals surface area contributed by atoms with Crippen LogP contribution in [0.25, 0.3) is 0 Å². The van der Waals surface area contributed by atoms with Crippen LogP contribution in [0.5, 0.6) is 5.75 Å². The van der Waals surface area contributed by atoms with E-state index in [0.29, 0.717) is 6.42 Å². The highest BCUT2D eigenvalue weighted by Gasteiger charge is 2.09. The maximum atomic E-state index is 11.6. The fourth-order valence-electron chi connectivity index (χ4n) is 1.88. The lowest BCUT2D eigenvalue weighted by Crippen LogP contribution is -2.28. The lowest BCUT2D eigenvalue weighted by atomic mass is 10.1. The average Bonchev–Trinajstić information content (AvgIpc) is 2.45. The fourth-order valence-corrected chi connectivity index (χ4v) is 1.88. The Kier molecular flexibility index (Phi) is 10.6. The molecule has 0 aromatic heterocycles. The Hall–Kier alpha value is -1.30. The highest BCUT2D eigenvalue weighted by atomic mass is 35.5. The zero-order chi connectivity index (χ0) is 15.7. The molecule has 0 radical (unpaired) electrons. The van der Waals surface area contributed by atoms with E-state index in [1.165, 1.54) is 0 Å². The minimum atomic E-state index is -0.702. The average molecular weight is 331 g/mol. The number of carbonyl (C=O) groups is 1. The molecule has 0 spiro atoms. The van der Waals surface area contributed by atoms with Crippen molar-refractivity contribution >= 4 is 18.3 Å². The largest absolute Gasteiger partial charge is 0.491 e. The second-order valence-electron chi connectivity index (χ2n) is 5.26. The van der Waals surface area contributed by atoms with E-state index in [1.807, 2.05) is 45.2 Å². The van der Waals surface area contributed by atoms with Gasteiger partial charge in [-0.1, -0.05) is 12.1 Å². The standard InChI is InChI=1S/C16H26N2O3.ClH/c1-12(2)21-14-8-6-13(7-9-14)15(19)11-18-16(20)5-4-10-17-3;/h6-9,12,15,17,19H,4-5,10-11H2,1-3H3,(H,18,20);1H. The van der Waals surface area contributed by atoms with Gasteiger partial charge in [-0.2, -0.15) is 0 Å².